The third-order valence-corrected chi connectivity index (χ3v) is 9.01. The van der Waals surface area contributed by atoms with Gasteiger partial charge in [-0.3, -0.25) is 14.4 Å². The number of Topliss-reactive ketones (excluding diaryl/α,β-unsaturated/α-hetero) is 3. The lowest BCUT2D eigenvalue weighted by Crippen LogP contribution is -2.70. The van der Waals surface area contributed by atoms with Crippen molar-refractivity contribution in [1.82, 2.24) is 0 Å². The molecule has 2 fully saturated rings. The molecule has 5 rings (SSSR count). The number of phenolic OH excluding ortho intramolecular Hbond substituents is 1. The minimum absolute atomic E-state index is 0.0145. The summed E-state index contributed by atoms with van der Waals surface area (Å²) in [6.07, 6.45) is -2.22. The van der Waals surface area contributed by atoms with Crippen molar-refractivity contribution in [3.63, 3.8) is 0 Å². The van der Waals surface area contributed by atoms with Gasteiger partial charge in [0.05, 0.1) is 17.6 Å². The summed E-state index contributed by atoms with van der Waals surface area (Å²) >= 11 is 0. The Labute approximate surface area is 230 Å². The molecule has 7 atom stereocenters. The maximum atomic E-state index is 14.0. The molecular formula is C29H33NO10. The summed E-state index contributed by atoms with van der Waals surface area (Å²) in [5.41, 5.74) is -0.668. The van der Waals surface area contributed by atoms with Crippen LogP contribution >= 0.6 is 0 Å². The second-order valence-corrected chi connectivity index (χ2v) is 11.5. The molecule has 0 spiro atoms. The summed E-state index contributed by atoms with van der Waals surface area (Å²) in [6.45, 7) is 1.14. The molecule has 40 heavy (non-hydrogen) atoms. The predicted molar refractivity (Wildman–Crippen MR) is 139 cm³/mol. The van der Waals surface area contributed by atoms with Crippen LogP contribution in [-0.4, -0.2) is 80.8 Å². The number of nitrogens with zero attached hydrogens (tertiary/aromatic N) is 1. The van der Waals surface area contributed by atoms with Crippen LogP contribution in [0.1, 0.15) is 57.6 Å². The van der Waals surface area contributed by atoms with Gasteiger partial charge in [-0.25, -0.2) is 4.79 Å². The number of anilines is 1. The fraction of sp³-hybridized carbons (Fsp3) is 0.517. The number of furan rings is 1. The Balaban J connectivity index is 1.53. The zero-order valence-electron chi connectivity index (χ0n) is 22.5. The van der Waals surface area contributed by atoms with E-state index in [1.54, 1.807) is 20.2 Å². The highest BCUT2D eigenvalue weighted by molar-refractivity contribution is 6.09. The minimum atomic E-state index is -2.37. The number of hydrogen-bond acceptors (Lipinski definition) is 10. The fourth-order valence-electron chi connectivity index (χ4n) is 7.09. The summed E-state index contributed by atoms with van der Waals surface area (Å²) in [6, 6.07) is 4.64. The Morgan fingerprint density at radius 1 is 1.12 bits per heavy atom. The summed E-state index contributed by atoms with van der Waals surface area (Å²) in [4.78, 5) is 52.4. The van der Waals surface area contributed by atoms with Crippen LogP contribution in [0.3, 0.4) is 0 Å². The Morgan fingerprint density at radius 2 is 1.82 bits per heavy atom. The number of rotatable bonds is 6. The van der Waals surface area contributed by atoms with Gasteiger partial charge in [0, 0.05) is 32.1 Å². The van der Waals surface area contributed by atoms with Crippen molar-refractivity contribution in [3.05, 3.63) is 46.4 Å². The van der Waals surface area contributed by atoms with Crippen molar-refractivity contribution in [1.29, 1.82) is 0 Å². The molecule has 214 valence electrons. The van der Waals surface area contributed by atoms with Gasteiger partial charge in [0.15, 0.2) is 17.2 Å². The molecule has 1 aromatic heterocycles. The van der Waals surface area contributed by atoms with E-state index in [2.05, 4.69) is 0 Å². The molecule has 0 amide bonds. The Kier molecular flexibility index (Phi) is 6.88. The summed E-state index contributed by atoms with van der Waals surface area (Å²) in [5.74, 6) is -7.47. The number of carboxylic acid groups (broad SMARTS) is 1. The number of aromatic carboxylic acids is 1. The van der Waals surface area contributed by atoms with Gasteiger partial charge in [0.1, 0.15) is 29.3 Å². The van der Waals surface area contributed by atoms with E-state index in [0.29, 0.717) is 22.6 Å². The van der Waals surface area contributed by atoms with Gasteiger partial charge in [-0.05, 0) is 67.9 Å². The Morgan fingerprint density at radius 3 is 2.42 bits per heavy atom. The molecule has 1 heterocycles. The van der Waals surface area contributed by atoms with Crippen molar-refractivity contribution in [2.45, 2.75) is 56.8 Å². The molecule has 0 radical (unpaired) electrons. The average Bonchev–Trinajstić information content (AvgIpc) is 3.35. The van der Waals surface area contributed by atoms with Crippen molar-refractivity contribution in [2.24, 2.45) is 23.7 Å². The van der Waals surface area contributed by atoms with Crippen LogP contribution in [0.2, 0.25) is 0 Å². The number of aromatic hydroxyl groups is 1. The van der Waals surface area contributed by atoms with Crippen LogP contribution in [0.5, 0.6) is 5.75 Å². The summed E-state index contributed by atoms with van der Waals surface area (Å²) in [7, 11) is 3.59. The van der Waals surface area contributed by atoms with Crippen molar-refractivity contribution < 1.29 is 49.1 Å². The first-order valence-electron chi connectivity index (χ1n) is 13.3. The highest BCUT2D eigenvalue weighted by Gasteiger charge is 2.65. The van der Waals surface area contributed by atoms with Crippen molar-refractivity contribution in [3.8, 4) is 5.75 Å². The molecule has 11 heteroatoms. The van der Waals surface area contributed by atoms with Gasteiger partial charge >= 0.3 is 5.97 Å². The molecule has 3 aliphatic carbocycles. The lowest BCUT2D eigenvalue weighted by Gasteiger charge is -2.54. The first kappa shape index (κ1) is 28.0. The number of carbonyl (C=O) groups is 4. The maximum Gasteiger partial charge on any atom is 0.371 e. The number of hydrogen-bond donors (Lipinski definition) is 5. The van der Waals surface area contributed by atoms with E-state index >= 15 is 0 Å². The molecule has 11 nitrogen and oxygen atoms in total. The van der Waals surface area contributed by atoms with Crippen LogP contribution in [-0.2, 0) is 28.9 Å². The molecule has 7 unspecified atom stereocenters. The molecule has 0 saturated heterocycles. The smallest absolute Gasteiger partial charge is 0.371 e. The van der Waals surface area contributed by atoms with Crippen molar-refractivity contribution >= 4 is 29.0 Å². The topological polar surface area (TPSA) is 186 Å². The molecule has 3 aliphatic rings. The van der Waals surface area contributed by atoms with E-state index in [4.69, 9.17) is 9.52 Å². The molecule has 0 bridgehead atoms. The second kappa shape index (κ2) is 9.83. The lowest BCUT2D eigenvalue weighted by atomic mass is 9.52. The summed E-state index contributed by atoms with van der Waals surface area (Å²) < 4.78 is 5.31. The monoisotopic (exact) mass is 555 g/mol. The third-order valence-electron chi connectivity index (χ3n) is 9.01. The van der Waals surface area contributed by atoms with Gasteiger partial charge in [0.25, 0.3) is 0 Å². The second-order valence-electron chi connectivity index (χ2n) is 11.5. The van der Waals surface area contributed by atoms with E-state index in [1.807, 2.05) is 4.90 Å². The number of aryl methyl sites for hydroxylation is 2. The average molecular weight is 556 g/mol. The van der Waals surface area contributed by atoms with Crippen LogP contribution in [0.4, 0.5) is 5.69 Å². The largest absolute Gasteiger partial charge is 0.507 e. The number of carboxylic acids is 1. The van der Waals surface area contributed by atoms with Crippen LogP contribution < -0.4 is 4.90 Å². The molecule has 5 N–H and O–H groups in total. The standard InChI is InChI=1S/C29H33NO10/c1-12(31)21-19(32)11-15-8-14-9-17-18(30(2)3)10-13(4-5-16-6-7-20(40-16)28(37)38)24(33)23(17)25(34)22(14)27(36)29(15,39)26(21)35/h6-7,10,14-15,19,21-22,27,32-33,36,39H,4-5,8-9,11H2,1-3H3,(H,37,38). The first-order valence-corrected chi connectivity index (χ1v) is 13.3. The van der Waals surface area contributed by atoms with Gasteiger partial charge in [-0.15, -0.1) is 0 Å². The fourth-order valence-corrected chi connectivity index (χ4v) is 7.09. The quantitative estimate of drug-likeness (QED) is 0.322. The number of aliphatic hydroxyl groups excluding tert-OH is 2. The molecule has 2 saturated carbocycles. The normalized spacial score (nSPS) is 31.2. The number of phenols is 1. The molecule has 1 aromatic carbocycles. The highest BCUT2D eigenvalue weighted by atomic mass is 16.4. The van der Waals surface area contributed by atoms with Crippen LogP contribution in [0, 0.1) is 23.7 Å². The van der Waals surface area contributed by atoms with E-state index < -0.39 is 64.8 Å². The lowest BCUT2D eigenvalue weighted by molar-refractivity contribution is -0.203. The van der Waals surface area contributed by atoms with E-state index in [0.717, 1.165) is 6.92 Å². The number of carbonyl (C=O) groups excluding carboxylic acids is 3. The number of aliphatic hydroxyl groups is 3. The van der Waals surface area contributed by atoms with Gasteiger partial charge in [0.2, 0.25) is 5.76 Å². The SMILES string of the molecule is CC(=O)C1C(=O)C2(O)C(CC1O)CC1Cc3c(N(C)C)cc(CCc4ccc(C(=O)O)o4)c(O)c3C(=O)C1C2O. The Bertz CT molecular complexity index is 1410. The number of benzene rings is 1. The number of ketones is 3. The van der Waals surface area contributed by atoms with Crippen LogP contribution in [0.25, 0.3) is 0 Å². The zero-order valence-corrected chi connectivity index (χ0v) is 22.5. The minimum Gasteiger partial charge on any atom is -0.507 e. The maximum absolute atomic E-state index is 14.0. The zero-order chi connectivity index (χ0) is 29.3. The molecule has 0 aliphatic heterocycles. The first-order chi connectivity index (χ1) is 18.8. The third kappa shape index (κ3) is 4.15. The van der Waals surface area contributed by atoms with Gasteiger partial charge < -0.3 is 34.8 Å². The van der Waals surface area contributed by atoms with E-state index in [1.165, 1.54) is 12.1 Å². The van der Waals surface area contributed by atoms with Crippen LogP contribution in [0.15, 0.2) is 22.6 Å². The van der Waals surface area contributed by atoms with Gasteiger partial charge in [-0.2, -0.15) is 0 Å². The predicted octanol–water partition coefficient (Wildman–Crippen LogP) is 1.16. The molecule has 2 aromatic rings. The van der Waals surface area contributed by atoms with Crippen molar-refractivity contribution in [2.75, 3.05) is 19.0 Å². The van der Waals surface area contributed by atoms with Gasteiger partial charge in [-0.1, -0.05) is 0 Å². The van der Waals surface area contributed by atoms with E-state index in [9.17, 15) is 39.6 Å². The highest BCUT2D eigenvalue weighted by Crippen LogP contribution is 2.53. The summed E-state index contributed by atoms with van der Waals surface area (Å²) in [5, 5.41) is 53.9. The molecular weight excluding hydrogens is 522 g/mol. The van der Waals surface area contributed by atoms with E-state index in [-0.39, 0.29) is 49.2 Å². The number of fused-ring (bicyclic) bond motifs is 3. The Hall–Kier alpha value is -3.54.